The van der Waals surface area contributed by atoms with E-state index in [9.17, 15) is 4.79 Å². The molecule has 2 heterocycles. The summed E-state index contributed by atoms with van der Waals surface area (Å²) in [4.78, 5) is 13.9. The average Bonchev–Trinajstić information content (AvgIpc) is 2.75. The predicted molar refractivity (Wildman–Crippen MR) is 68.4 cm³/mol. The zero-order valence-corrected chi connectivity index (χ0v) is 10.8. The Bertz CT molecular complexity index is 370. The third-order valence-electron chi connectivity index (χ3n) is 3.19. The number of rotatable bonds is 2. The summed E-state index contributed by atoms with van der Waals surface area (Å²) in [6.45, 7) is 4.15. The van der Waals surface area contributed by atoms with Gasteiger partial charge < -0.3 is 15.1 Å². The van der Waals surface area contributed by atoms with Gasteiger partial charge in [-0.2, -0.15) is 0 Å². The van der Waals surface area contributed by atoms with Crippen molar-refractivity contribution in [2.24, 2.45) is 11.7 Å². The van der Waals surface area contributed by atoms with Gasteiger partial charge in [-0.15, -0.1) is 12.4 Å². The molecular formula is C12H19ClN2O2. The number of furan rings is 1. The van der Waals surface area contributed by atoms with Gasteiger partial charge in [0.15, 0.2) is 5.76 Å². The molecular weight excluding hydrogens is 240 g/mol. The van der Waals surface area contributed by atoms with Crippen molar-refractivity contribution in [1.29, 1.82) is 0 Å². The van der Waals surface area contributed by atoms with E-state index in [0.717, 1.165) is 38.2 Å². The zero-order valence-electron chi connectivity index (χ0n) is 10.0. The lowest BCUT2D eigenvalue weighted by atomic mass is 9.97. The van der Waals surface area contributed by atoms with Gasteiger partial charge in [0.1, 0.15) is 5.76 Å². The second-order valence-corrected chi connectivity index (χ2v) is 4.38. The van der Waals surface area contributed by atoms with Crippen molar-refractivity contribution in [1.82, 2.24) is 4.90 Å². The summed E-state index contributed by atoms with van der Waals surface area (Å²) < 4.78 is 5.34. The molecule has 17 heavy (non-hydrogen) atoms. The normalized spacial score (nSPS) is 16.7. The Labute approximate surface area is 108 Å². The van der Waals surface area contributed by atoms with Crippen molar-refractivity contribution in [3.8, 4) is 0 Å². The molecule has 0 radical (unpaired) electrons. The van der Waals surface area contributed by atoms with E-state index in [1.807, 2.05) is 17.9 Å². The molecule has 0 atom stereocenters. The van der Waals surface area contributed by atoms with Crippen molar-refractivity contribution < 1.29 is 9.21 Å². The fourth-order valence-corrected chi connectivity index (χ4v) is 2.08. The Morgan fingerprint density at radius 2 is 2.12 bits per heavy atom. The molecule has 0 saturated carbocycles. The smallest absolute Gasteiger partial charge is 0.289 e. The molecule has 5 heteroatoms. The summed E-state index contributed by atoms with van der Waals surface area (Å²) in [7, 11) is 0. The van der Waals surface area contributed by atoms with Crippen LogP contribution < -0.4 is 5.73 Å². The van der Waals surface area contributed by atoms with Crippen molar-refractivity contribution in [3.05, 3.63) is 23.7 Å². The van der Waals surface area contributed by atoms with E-state index in [4.69, 9.17) is 10.2 Å². The first kappa shape index (κ1) is 14.1. The third-order valence-corrected chi connectivity index (χ3v) is 3.19. The van der Waals surface area contributed by atoms with Crippen LogP contribution in [0.3, 0.4) is 0 Å². The number of carbonyl (C=O) groups excluding carboxylic acids is 1. The topological polar surface area (TPSA) is 59.5 Å². The van der Waals surface area contributed by atoms with Crippen LogP contribution in [0.15, 0.2) is 16.5 Å². The Balaban J connectivity index is 0.00000144. The van der Waals surface area contributed by atoms with Crippen molar-refractivity contribution in [3.63, 3.8) is 0 Å². The fraction of sp³-hybridized carbons (Fsp3) is 0.583. The number of likely N-dealkylation sites (tertiary alicyclic amines) is 1. The Morgan fingerprint density at radius 1 is 1.47 bits per heavy atom. The van der Waals surface area contributed by atoms with Gasteiger partial charge in [-0.25, -0.2) is 0 Å². The Kier molecular flexibility index (Phi) is 5.02. The van der Waals surface area contributed by atoms with E-state index < -0.39 is 0 Å². The highest BCUT2D eigenvalue weighted by molar-refractivity contribution is 5.91. The first-order chi connectivity index (χ1) is 7.70. The third kappa shape index (κ3) is 3.23. The summed E-state index contributed by atoms with van der Waals surface area (Å²) in [6, 6.07) is 3.56. The molecule has 0 aromatic carbocycles. The number of amides is 1. The molecule has 1 aliphatic rings. The molecule has 96 valence electrons. The van der Waals surface area contributed by atoms with Crippen molar-refractivity contribution in [2.75, 3.05) is 19.6 Å². The maximum Gasteiger partial charge on any atom is 0.289 e. The van der Waals surface area contributed by atoms with Gasteiger partial charge in [-0.05, 0) is 44.4 Å². The van der Waals surface area contributed by atoms with Gasteiger partial charge in [-0.3, -0.25) is 4.79 Å². The molecule has 0 aliphatic carbocycles. The van der Waals surface area contributed by atoms with Crippen LogP contribution in [0.25, 0.3) is 0 Å². The lowest BCUT2D eigenvalue weighted by Crippen LogP contribution is -2.39. The number of carbonyl (C=O) groups is 1. The minimum atomic E-state index is 0. The molecule has 0 spiro atoms. The second-order valence-electron chi connectivity index (χ2n) is 4.38. The van der Waals surface area contributed by atoms with Crippen LogP contribution in [0.4, 0.5) is 0 Å². The van der Waals surface area contributed by atoms with E-state index in [1.54, 1.807) is 6.07 Å². The number of halogens is 1. The van der Waals surface area contributed by atoms with Gasteiger partial charge in [0.25, 0.3) is 5.91 Å². The highest BCUT2D eigenvalue weighted by atomic mass is 35.5. The van der Waals surface area contributed by atoms with E-state index >= 15 is 0 Å². The van der Waals surface area contributed by atoms with Crippen LogP contribution in [0, 0.1) is 12.8 Å². The Morgan fingerprint density at radius 3 is 2.59 bits per heavy atom. The maximum atomic E-state index is 12.0. The number of hydrogen-bond donors (Lipinski definition) is 1. The van der Waals surface area contributed by atoms with Gasteiger partial charge in [0, 0.05) is 13.1 Å². The van der Waals surface area contributed by atoms with Crippen LogP contribution in [0.1, 0.15) is 29.2 Å². The molecule has 1 amide bonds. The number of piperidine rings is 1. The van der Waals surface area contributed by atoms with Gasteiger partial charge in [0.2, 0.25) is 0 Å². The van der Waals surface area contributed by atoms with E-state index in [2.05, 4.69) is 0 Å². The standard InChI is InChI=1S/C12H18N2O2.ClH/c1-9-2-3-11(16-9)12(15)14-6-4-10(8-13)5-7-14;/h2-3,10H,4-8,13H2,1H3;1H. The van der Waals surface area contributed by atoms with Crippen LogP contribution >= 0.6 is 12.4 Å². The molecule has 1 aromatic rings. The number of hydrogen-bond acceptors (Lipinski definition) is 3. The van der Waals surface area contributed by atoms with Gasteiger partial charge >= 0.3 is 0 Å². The molecule has 1 fully saturated rings. The summed E-state index contributed by atoms with van der Waals surface area (Å²) in [5, 5.41) is 0. The van der Waals surface area contributed by atoms with Crippen molar-refractivity contribution >= 4 is 18.3 Å². The Hall–Kier alpha value is -1.00. The van der Waals surface area contributed by atoms with Crippen LogP contribution in [-0.2, 0) is 0 Å². The van der Waals surface area contributed by atoms with Crippen LogP contribution in [0.2, 0.25) is 0 Å². The first-order valence-electron chi connectivity index (χ1n) is 5.76. The molecule has 4 nitrogen and oxygen atoms in total. The molecule has 0 bridgehead atoms. The fourth-order valence-electron chi connectivity index (χ4n) is 2.08. The van der Waals surface area contributed by atoms with Crippen LogP contribution in [0.5, 0.6) is 0 Å². The highest BCUT2D eigenvalue weighted by Gasteiger charge is 2.24. The predicted octanol–water partition coefficient (Wildman–Crippen LogP) is 1.82. The monoisotopic (exact) mass is 258 g/mol. The van der Waals surface area contributed by atoms with Gasteiger partial charge in [-0.1, -0.05) is 0 Å². The maximum absolute atomic E-state index is 12.0. The van der Waals surface area contributed by atoms with Gasteiger partial charge in [0.05, 0.1) is 0 Å². The molecule has 2 N–H and O–H groups in total. The SMILES string of the molecule is Cc1ccc(C(=O)N2CCC(CN)CC2)o1.Cl. The lowest BCUT2D eigenvalue weighted by Gasteiger charge is -2.30. The molecule has 2 rings (SSSR count). The molecule has 1 aromatic heterocycles. The average molecular weight is 259 g/mol. The molecule has 1 aliphatic heterocycles. The van der Waals surface area contributed by atoms with E-state index in [-0.39, 0.29) is 18.3 Å². The molecule has 0 unspecified atom stereocenters. The number of nitrogens with zero attached hydrogens (tertiary/aromatic N) is 1. The lowest BCUT2D eigenvalue weighted by molar-refractivity contribution is 0.0660. The summed E-state index contributed by atoms with van der Waals surface area (Å²) >= 11 is 0. The van der Waals surface area contributed by atoms with E-state index in [0.29, 0.717) is 11.7 Å². The number of aryl methyl sites for hydroxylation is 1. The quantitative estimate of drug-likeness (QED) is 0.880. The van der Waals surface area contributed by atoms with Crippen LogP contribution in [-0.4, -0.2) is 30.4 Å². The largest absolute Gasteiger partial charge is 0.456 e. The minimum absolute atomic E-state index is 0. The second kappa shape index (κ2) is 6.07. The summed E-state index contributed by atoms with van der Waals surface area (Å²) in [5.74, 6) is 1.80. The van der Waals surface area contributed by atoms with Crippen molar-refractivity contribution in [2.45, 2.75) is 19.8 Å². The first-order valence-corrected chi connectivity index (χ1v) is 5.76. The molecule has 1 saturated heterocycles. The number of nitrogens with two attached hydrogens (primary N) is 1. The van der Waals surface area contributed by atoms with E-state index in [1.165, 1.54) is 0 Å². The summed E-state index contributed by atoms with van der Waals surface area (Å²) in [5.41, 5.74) is 5.62. The minimum Gasteiger partial charge on any atom is -0.456 e. The highest BCUT2D eigenvalue weighted by Crippen LogP contribution is 2.18. The zero-order chi connectivity index (χ0) is 11.5. The summed E-state index contributed by atoms with van der Waals surface area (Å²) in [6.07, 6.45) is 2.00.